The molecule has 4 aromatic rings. The Balaban J connectivity index is 1.30. The summed E-state index contributed by atoms with van der Waals surface area (Å²) in [4.78, 5) is 23.0. The first-order valence-electron chi connectivity index (χ1n) is 11.5. The highest BCUT2D eigenvalue weighted by Crippen LogP contribution is 2.29. The van der Waals surface area contributed by atoms with Gasteiger partial charge in [-0.15, -0.1) is 0 Å². The molecule has 2 aromatic carbocycles. The number of nitrogens with one attached hydrogen (secondary N) is 2. The SMILES string of the molecule is CNC(=O)c1cc(Oc2ccc3nc(Nc4ccccc4CCN4CCCC4)oc3c2)ccn1. The third-order valence-electron chi connectivity index (χ3n) is 5.94. The summed E-state index contributed by atoms with van der Waals surface area (Å²) in [6, 6.07) is 17.5. The molecule has 2 N–H and O–H groups in total. The zero-order valence-corrected chi connectivity index (χ0v) is 19.1. The van der Waals surface area contributed by atoms with E-state index >= 15 is 0 Å². The van der Waals surface area contributed by atoms with Gasteiger partial charge < -0.3 is 24.7 Å². The summed E-state index contributed by atoms with van der Waals surface area (Å²) in [6.07, 6.45) is 5.11. The molecule has 0 atom stereocenters. The lowest BCUT2D eigenvalue weighted by Crippen LogP contribution is -2.22. The summed E-state index contributed by atoms with van der Waals surface area (Å²) in [5.74, 6) is 0.820. The van der Waals surface area contributed by atoms with Gasteiger partial charge in [0.25, 0.3) is 11.9 Å². The topological polar surface area (TPSA) is 92.5 Å². The van der Waals surface area contributed by atoms with Crippen LogP contribution in [-0.4, -0.2) is 47.5 Å². The standard InChI is InChI=1S/C26H27N5O3/c1-27-25(32)23-16-20(10-12-28-23)33-19-8-9-22-24(17-19)34-26(30-22)29-21-7-3-2-6-18(21)11-15-31-13-4-5-14-31/h2-3,6-10,12,16-17H,4-5,11,13-15H2,1H3,(H,27,32)(H,29,30). The number of likely N-dealkylation sites (tertiary alicyclic amines) is 1. The number of amides is 1. The number of aromatic nitrogens is 2. The molecule has 0 bridgehead atoms. The Kier molecular flexibility index (Phi) is 6.40. The second-order valence-electron chi connectivity index (χ2n) is 8.29. The van der Waals surface area contributed by atoms with Crippen molar-refractivity contribution in [1.29, 1.82) is 0 Å². The zero-order valence-electron chi connectivity index (χ0n) is 19.1. The quantitative estimate of drug-likeness (QED) is 0.394. The van der Waals surface area contributed by atoms with Gasteiger partial charge in [0.05, 0.1) is 0 Å². The fourth-order valence-electron chi connectivity index (χ4n) is 4.15. The molecule has 0 spiro atoms. The number of carbonyl (C=O) groups is 1. The van der Waals surface area contributed by atoms with Crippen LogP contribution in [0.2, 0.25) is 0 Å². The molecule has 1 aliphatic heterocycles. The van der Waals surface area contributed by atoms with Crippen molar-refractivity contribution in [2.24, 2.45) is 0 Å². The van der Waals surface area contributed by atoms with Gasteiger partial charge in [-0.3, -0.25) is 9.78 Å². The van der Waals surface area contributed by atoms with E-state index in [1.54, 1.807) is 25.2 Å². The molecule has 3 heterocycles. The number of oxazole rings is 1. The molecule has 0 saturated carbocycles. The fraction of sp³-hybridized carbons (Fsp3) is 0.269. The van der Waals surface area contributed by atoms with Crippen molar-refractivity contribution in [3.05, 3.63) is 72.1 Å². The second kappa shape index (κ2) is 9.93. The highest BCUT2D eigenvalue weighted by atomic mass is 16.5. The van der Waals surface area contributed by atoms with Gasteiger partial charge in [0.15, 0.2) is 5.58 Å². The van der Waals surface area contributed by atoms with Gasteiger partial charge >= 0.3 is 0 Å². The maximum atomic E-state index is 11.8. The molecule has 8 heteroatoms. The summed E-state index contributed by atoms with van der Waals surface area (Å²) in [5.41, 5.74) is 3.87. The van der Waals surface area contributed by atoms with Gasteiger partial charge in [-0.1, -0.05) is 18.2 Å². The van der Waals surface area contributed by atoms with E-state index in [0.717, 1.165) is 24.2 Å². The first-order valence-corrected chi connectivity index (χ1v) is 11.5. The van der Waals surface area contributed by atoms with E-state index in [2.05, 4.69) is 43.7 Å². The second-order valence-corrected chi connectivity index (χ2v) is 8.29. The van der Waals surface area contributed by atoms with E-state index < -0.39 is 0 Å². The number of hydrogen-bond acceptors (Lipinski definition) is 7. The van der Waals surface area contributed by atoms with Crippen molar-refractivity contribution in [3.63, 3.8) is 0 Å². The van der Waals surface area contributed by atoms with Crippen LogP contribution < -0.4 is 15.4 Å². The molecule has 1 saturated heterocycles. The average molecular weight is 458 g/mol. The molecule has 174 valence electrons. The van der Waals surface area contributed by atoms with Crippen LogP contribution in [0.25, 0.3) is 11.1 Å². The van der Waals surface area contributed by atoms with E-state index in [1.807, 2.05) is 18.2 Å². The molecule has 0 aliphatic carbocycles. The van der Waals surface area contributed by atoms with Crippen LogP contribution in [0.15, 0.2) is 65.2 Å². The van der Waals surface area contributed by atoms with Crippen molar-refractivity contribution >= 4 is 28.7 Å². The molecule has 5 rings (SSSR count). The molecule has 34 heavy (non-hydrogen) atoms. The zero-order chi connectivity index (χ0) is 23.3. The number of fused-ring (bicyclic) bond motifs is 1. The van der Waals surface area contributed by atoms with Gasteiger partial charge in [0.2, 0.25) is 0 Å². The minimum atomic E-state index is -0.271. The van der Waals surface area contributed by atoms with Gasteiger partial charge in [-0.2, -0.15) is 4.98 Å². The number of rotatable bonds is 8. The number of pyridine rings is 1. The summed E-state index contributed by atoms with van der Waals surface area (Å²) in [5, 5.41) is 5.90. The molecular formula is C26H27N5O3. The van der Waals surface area contributed by atoms with E-state index in [4.69, 9.17) is 9.15 Å². The molecule has 1 aliphatic rings. The first kappa shape index (κ1) is 21.9. The summed E-state index contributed by atoms with van der Waals surface area (Å²) in [6.45, 7) is 3.44. The Morgan fingerprint density at radius 1 is 1.09 bits per heavy atom. The molecule has 0 unspecified atom stereocenters. The lowest BCUT2D eigenvalue weighted by molar-refractivity contribution is 0.0958. The highest BCUT2D eigenvalue weighted by Gasteiger charge is 2.14. The van der Waals surface area contributed by atoms with E-state index in [-0.39, 0.29) is 11.6 Å². The Morgan fingerprint density at radius 2 is 1.91 bits per heavy atom. The summed E-state index contributed by atoms with van der Waals surface area (Å²) in [7, 11) is 1.56. The molecule has 2 aromatic heterocycles. The van der Waals surface area contributed by atoms with Gasteiger partial charge in [-0.25, -0.2) is 0 Å². The number of benzene rings is 2. The van der Waals surface area contributed by atoms with E-state index in [1.165, 1.54) is 37.7 Å². The Labute approximate surface area is 198 Å². The average Bonchev–Trinajstić information content (AvgIpc) is 3.52. The Hall–Kier alpha value is -3.91. The normalized spacial score (nSPS) is 13.8. The number of para-hydroxylation sites is 1. The van der Waals surface area contributed by atoms with Crippen LogP contribution in [-0.2, 0) is 6.42 Å². The monoisotopic (exact) mass is 457 g/mol. The maximum absolute atomic E-state index is 11.8. The van der Waals surface area contributed by atoms with Crippen molar-refractivity contribution in [2.45, 2.75) is 19.3 Å². The van der Waals surface area contributed by atoms with Crippen LogP contribution in [0.1, 0.15) is 28.9 Å². The fourth-order valence-corrected chi connectivity index (χ4v) is 4.15. The van der Waals surface area contributed by atoms with Crippen molar-refractivity contribution in [3.8, 4) is 11.5 Å². The number of ether oxygens (including phenoxy) is 1. The predicted molar refractivity (Wildman–Crippen MR) is 131 cm³/mol. The molecular weight excluding hydrogens is 430 g/mol. The lowest BCUT2D eigenvalue weighted by Gasteiger charge is -2.16. The van der Waals surface area contributed by atoms with E-state index in [0.29, 0.717) is 23.1 Å². The molecule has 8 nitrogen and oxygen atoms in total. The number of anilines is 2. The molecule has 1 amide bonds. The van der Waals surface area contributed by atoms with Crippen molar-refractivity contribution in [1.82, 2.24) is 20.2 Å². The number of nitrogens with zero attached hydrogens (tertiary/aromatic N) is 3. The van der Waals surface area contributed by atoms with Crippen LogP contribution in [0.4, 0.5) is 11.7 Å². The Bertz CT molecular complexity index is 1300. The third-order valence-corrected chi connectivity index (χ3v) is 5.94. The number of carbonyl (C=O) groups excluding carboxylic acids is 1. The lowest BCUT2D eigenvalue weighted by atomic mass is 10.1. The van der Waals surface area contributed by atoms with Gasteiger partial charge in [-0.05, 0) is 62.2 Å². The number of hydrogen-bond donors (Lipinski definition) is 2. The van der Waals surface area contributed by atoms with Crippen LogP contribution in [0, 0.1) is 0 Å². The van der Waals surface area contributed by atoms with E-state index in [9.17, 15) is 4.79 Å². The largest absolute Gasteiger partial charge is 0.457 e. The predicted octanol–water partition coefficient (Wildman–Crippen LogP) is 4.76. The minimum absolute atomic E-state index is 0.271. The smallest absolute Gasteiger partial charge is 0.300 e. The van der Waals surface area contributed by atoms with Crippen molar-refractivity contribution in [2.75, 3.05) is 32.0 Å². The highest BCUT2D eigenvalue weighted by molar-refractivity contribution is 5.92. The van der Waals surface area contributed by atoms with Crippen LogP contribution in [0.5, 0.6) is 11.5 Å². The first-order chi connectivity index (χ1) is 16.7. The maximum Gasteiger partial charge on any atom is 0.300 e. The van der Waals surface area contributed by atoms with Crippen LogP contribution in [0.3, 0.4) is 0 Å². The van der Waals surface area contributed by atoms with Gasteiger partial charge in [0, 0.05) is 37.6 Å². The molecule has 0 radical (unpaired) electrons. The third kappa shape index (κ3) is 5.02. The summed E-state index contributed by atoms with van der Waals surface area (Å²) < 4.78 is 11.9. The van der Waals surface area contributed by atoms with Gasteiger partial charge in [0.1, 0.15) is 22.7 Å². The minimum Gasteiger partial charge on any atom is -0.457 e. The summed E-state index contributed by atoms with van der Waals surface area (Å²) >= 11 is 0. The van der Waals surface area contributed by atoms with Crippen LogP contribution >= 0.6 is 0 Å². The Morgan fingerprint density at radius 3 is 2.76 bits per heavy atom. The van der Waals surface area contributed by atoms with Crippen molar-refractivity contribution < 1.29 is 13.9 Å². The molecule has 1 fully saturated rings.